The van der Waals surface area contributed by atoms with Crippen LogP contribution in [-0.4, -0.2) is 37.0 Å². The average molecular weight is 286 g/mol. The molecule has 0 saturated heterocycles. The summed E-state index contributed by atoms with van der Waals surface area (Å²) < 4.78 is 26.0. The van der Waals surface area contributed by atoms with E-state index in [0.29, 0.717) is 12.1 Å². The Morgan fingerprint density at radius 1 is 1.37 bits per heavy atom. The fraction of sp³-hybridized carbons (Fsp3) is 0.538. The van der Waals surface area contributed by atoms with E-state index in [1.54, 1.807) is 39.0 Å². The lowest BCUT2D eigenvalue weighted by Crippen LogP contribution is -2.39. The highest BCUT2D eigenvalue weighted by Gasteiger charge is 2.27. The summed E-state index contributed by atoms with van der Waals surface area (Å²) in [5, 5.41) is 9.73. The number of nitrogens with zero attached hydrogens (tertiary/aromatic N) is 1. The van der Waals surface area contributed by atoms with Crippen molar-refractivity contribution >= 4 is 10.0 Å². The van der Waals surface area contributed by atoms with E-state index in [4.69, 9.17) is 5.73 Å². The lowest BCUT2D eigenvalue weighted by molar-refractivity contribution is 0.0640. The average Bonchev–Trinajstić information content (AvgIpc) is 2.26. The molecule has 0 aliphatic heterocycles. The second-order valence-electron chi connectivity index (χ2n) is 5.38. The van der Waals surface area contributed by atoms with Crippen molar-refractivity contribution in [3.05, 3.63) is 29.3 Å². The molecule has 5 nitrogen and oxygen atoms in total. The van der Waals surface area contributed by atoms with Gasteiger partial charge in [0.1, 0.15) is 0 Å². The van der Waals surface area contributed by atoms with E-state index in [1.807, 2.05) is 0 Å². The molecule has 0 radical (unpaired) electrons. The standard InChI is InChI=1S/C13H22N2O3S/c1-10-7-11(8-14)5-6-12(10)19(17,18)15(4)9-13(2,3)16/h5-7,16H,8-9,14H2,1-4H3. The first-order valence-corrected chi connectivity index (χ1v) is 7.50. The molecule has 0 heterocycles. The van der Waals surface area contributed by atoms with Crippen LogP contribution in [0.1, 0.15) is 25.0 Å². The van der Waals surface area contributed by atoms with Crippen LogP contribution in [0, 0.1) is 6.92 Å². The summed E-state index contributed by atoms with van der Waals surface area (Å²) in [4.78, 5) is 0.247. The maximum atomic E-state index is 12.4. The van der Waals surface area contributed by atoms with Crippen LogP contribution in [0.4, 0.5) is 0 Å². The van der Waals surface area contributed by atoms with Gasteiger partial charge in [-0.05, 0) is 38.0 Å². The highest BCUT2D eigenvalue weighted by atomic mass is 32.2. The number of nitrogens with two attached hydrogens (primary N) is 1. The Balaban J connectivity index is 3.13. The molecule has 0 aliphatic rings. The van der Waals surface area contributed by atoms with Crippen molar-refractivity contribution in [3.8, 4) is 0 Å². The maximum Gasteiger partial charge on any atom is 0.243 e. The number of aryl methyl sites for hydroxylation is 1. The van der Waals surface area contributed by atoms with Crippen LogP contribution in [0.3, 0.4) is 0 Å². The van der Waals surface area contributed by atoms with Crippen LogP contribution in [0.2, 0.25) is 0 Å². The first-order valence-electron chi connectivity index (χ1n) is 6.06. The van der Waals surface area contributed by atoms with Gasteiger partial charge in [0.25, 0.3) is 0 Å². The molecule has 3 N–H and O–H groups in total. The van der Waals surface area contributed by atoms with E-state index in [1.165, 1.54) is 7.05 Å². The quantitative estimate of drug-likeness (QED) is 0.840. The van der Waals surface area contributed by atoms with Crippen molar-refractivity contribution in [2.75, 3.05) is 13.6 Å². The van der Waals surface area contributed by atoms with Gasteiger partial charge in [0.2, 0.25) is 10.0 Å². The highest BCUT2D eigenvalue weighted by molar-refractivity contribution is 7.89. The Morgan fingerprint density at radius 2 is 1.95 bits per heavy atom. The van der Waals surface area contributed by atoms with Crippen LogP contribution in [-0.2, 0) is 16.6 Å². The predicted molar refractivity (Wildman–Crippen MR) is 75.2 cm³/mol. The number of likely N-dealkylation sites (N-methyl/N-ethyl adjacent to an activating group) is 1. The van der Waals surface area contributed by atoms with Crippen molar-refractivity contribution < 1.29 is 13.5 Å². The lowest BCUT2D eigenvalue weighted by Gasteiger charge is -2.25. The van der Waals surface area contributed by atoms with Gasteiger partial charge in [-0.1, -0.05) is 12.1 Å². The van der Waals surface area contributed by atoms with Gasteiger partial charge in [0, 0.05) is 20.1 Å². The predicted octanol–water partition coefficient (Wildman–Crippen LogP) is 0.845. The summed E-state index contributed by atoms with van der Waals surface area (Å²) in [6.07, 6.45) is 0. The zero-order valence-electron chi connectivity index (χ0n) is 11.8. The van der Waals surface area contributed by atoms with Gasteiger partial charge in [-0.15, -0.1) is 0 Å². The van der Waals surface area contributed by atoms with Crippen molar-refractivity contribution in [2.24, 2.45) is 5.73 Å². The van der Waals surface area contributed by atoms with E-state index in [0.717, 1.165) is 9.87 Å². The minimum absolute atomic E-state index is 0.0351. The number of rotatable bonds is 5. The molecule has 0 unspecified atom stereocenters. The Labute approximate surface area is 115 Å². The van der Waals surface area contributed by atoms with Crippen molar-refractivity contribution in [3.63, 3.8) is 0 Å². The lowest BCUT2D eigenvalue weighted by atomic mass is 10.1. The van der Waals surface area contributed by atoms with Gasteiger partial charge in [-0.2, -0.15) is 4.31 Å². The largest absolute Gasteiger partial charge is 0.389 e. The van der Waals surface area contributed by atoms with Gasteiger partial charge in [0.05, 0.1) is 10.5 Å². The molecule has 0 fully saturated rings. The Kier molecular flexibility index (Phi) is 4.73. The van der Waals surface area contributed by atoms with Crippen molar-refractivity contribution in [1.82, 2.24) is 4.31 Å². The van der Waals surface area contributed by atoms with E-state index in [2.05, 4.69) is 0 Å². The Hall–Kier alpha value is -0.950. The van der Waals surface area contributed by atoms with E-state index in [-0.39, 0.29) is 11.4 Å². The zero-order valence-corrected chi connectivity index (χ0v) is 12.7. The SMILES string of the molecule is Cc1cc(CN)ccc1S(=O)(=O)N(C)CC(C)(C)O. The van der Waals surface area contributed by atoms with E-state index >= 15 is 0 Å². The highest BCUT2D eigenvalue weighted by Crippen LogP contribution is 2.21. The first kappa shape index (κ1) is 16.1. The molecule has 19 heavy (non-hydrogen) atoms. The first-order chi connectivity index (χ1) is 8.58. The Morgan fingerprint density at radius 3 is 2.37 bits per heavy atom. The van der Waals surface area contributed by atoms with Crippen LogP contribution in [0.5, 0.6) is 0 Å². The summed E-state index contributed by atoms with van der Waals surface area (Å²) in [6, 6.07) is 5.04. The van der Waals surface area contributed by atoms with Crippen LogP contribution in [0.15, 0.2) is 23.1 Å². The number of hydrogen-bond donors (Lipinski definition) is 2. The molecule has 0 bridgehead atoms. The topological polar surface area (TPSA) is 83.6 Å². The maximum absolute atomic E-state index is 12.4. The molecular formula is C13H22N2O3S. The number of sulfonamides is 1. The molecule has 1 rings (SSSR count). The third-order valence-electron chi connectivity index (χ3n) is 2.77. The molecule has 1 aromatic rings. The third kappa shape index (κ3) is 4.01. The molecule has 0 atom stereocenters. The second-order valence-corrected chi connectivity index (χ2v) is 7.39. The molecule has 108 valence electrons. The van der Waals surface area contributed by atoms with Gasteiger partial charge in [0.15, 0.2) is 0 Å². The number of hydrogen-bond acceptors (Lipinski definition) is 4. The fourth-order valence-corrected chi connectivity index (χ4v) is 3.45. The van der Waals surface area contributed by atoms with Crippen molar-refractivity contribution in [1.29, 1.82) is 0 Å². The minimum Gasteiger partial charge on any atom is -0.389 e. The molecule has 0 saturated carbocycles. The summed E-state index contributed by atoms with van der Waals surface area (Å²) in [5.74, 6) is 0. The van der Waals surface area contributed by atoms with E-state index in [9.17, 15) is 13.5 Å². The summed E-state index contributed by atoms with van der Waals surface area (Å²) in [6.45, 7) is 5.30. The van der Waals surface area contributed by atoms with Crippen LogP contribution >= 0.6 is 0 Å². The molecule has 0 spiro atoms. The normalized spacial score (nSPS) is 13.0. The number of aliphatic hydroxyl groups is 1. The van der Waals surface area contributed by atoms with Crippen molar-refractivity contribution in [2.45, 2.75) is 37.8 Å². The van der Waals surface area contributed by atoms with Gasteiger partial charge in [-0.25, -0.2) is 8.42 Å². The zero-order chi connectivity index (χ0) is 14.8. The molecule has 6 heteroatoms. The third-order valence-corrected chi connectivity index (χ3v) is 4.74. The summed E-state index contributed by atoms with van der Waals surface area (Å²) in [5.41, 5.74) is 6.00. The molecule has 0 aliphatic carbocycles. The minimum atomic E-state index is -3.60. The molecule has 0 amide bonds. The summed E-state index contributed by atoms with van der Waals surface area (Å²) in [7, 11) is -2.13. The van der Waals surface area contributed by atoms with Gasteiger partial charge < -0.3 is 10.8 Å². The smallest absolute Gasteiger partial charge is 0.243 e. The Bertz CT molecular complexity index is 547. The van der Waals surface area contributed by atoms with Crippen LogP contribution in [0.25, 0.3) is 0 Å². The molecule has 0 aromatic heterocycles. The van der Waals surface area contributed by atoms with Crippen LogP contribution < -0.4 is 5.73 Å². The van der Waals surface area contributed by atoms with Gasteiger partial charge >= 0.3 is 0 Å². The second kappa shape index (κ2) is 5.58. The molecular weight excluding hydrogens is 264 g/mol. The summed E-state index contributed by atoms with van der Waals surface area (Å²) >= 11 is 0. The van der Waals surface area contributed by atoms with Gasteiger partial charge in [-0.3, -0.25) is 0 Å². The fourth-order valence-electron chi connectivity index (χ4n) is 1.93. The monoisotopic (exact) mass is 286 g/mol. The molecule has 1 aromatic carbocycles. The van der Waals surface area contributed by atoms with E-state index < -0.39 is 15.6 Å². The number of benzene rings is 1.